The summed E-state index contributed by atoms with van der Waals surface area (Å²) in [5.41, 5.74) is 1.88. The minimum absolute atomic E-state index is 0.0623. The molecular weight excluding hydrogens is 396 g/mol. The van der Waals surface area contributed by atoms with Crippen LogP contribution in [0.15, 0.2) is 58.6 Å². The first-order valence-electron chi connectivity index (χ1n) is 10.4. The standard InChI is InChI=1S/C22H24N6OS/c29-21-5-1-2-10-28(21)17-8-9-20(23-13-17)25-15-6-7-16(12-15)26-22-24-14-19-18(27-22)4-3-11-30-19/h1-2,5,8-10,13-16H,3-4,6-7,11-12H2,(H,23,25)(H,24,26,27)/t15-,16-/m0/s1. The summed E-state index contributed by atoms with van der Waals surface area (Å²) in [4.78, 5) is 26.9. The Balaban J connectivity index is 1.18. The van der Waals surface area contributed by atoms with Gasteiger partial charge in [0.15, 0.2) is 0 Å². The Bertz CT molecular complexity index is 1080. The number of nitrogens with one attached hydrogen (secondary N) is 2. The molecule has 1 fully saturated rings. The molecule has 1 saturated carbocycles. The van der Waals surface area contributed by atoms with Crippen LogP contribution in [0, 0.1) is 0 Å². The number of hydrogen-bond donors (Lipinski definition) is 2. The molecule has 5 rings (SSSR count). The van der Waals surface area contributed by atoms with Gasteiger partial charge in [-0.1, -0.05) is 6.07 Å². The molecule has 4 heterocycles. The molecule has 3 aromatic rings. The Morgan fingerprint density at radius 2 is 1.93 bits per heavy atom. The van der Waals surface area contributed by atoms with Crippen molar-refractivity contribution >= 4 is 23.5 Å². The molecule has 0 aromatic carbocycles. The van der Waals surface area contributed by atoms with Crippen molar-refractivity contribution in [3.8, 4) is 5.69 Å². The molecule has 0 bridgehead atoms. The van der Waals surface area contributed by atoms with Crippen LogP contribution in [0.4, 0.5) is 11.8 Å². The summed E-state index contributed by atoms with van der Waals surface area (Å²) in [6.45, 7) is 0. The molecule has 30 heavy (non-hydrogen) atoms. The summed E-state index contributed by atoms with van der Waals surface area (Å²) in [5.74, 6) is 2.74. The molecule has 0 saturated heterocycles. The van der Waals surface area contributed by atoms with Gasteiger partial charge in [0, 0.05) is 35.4 Å². The lowest BCUT2D eigenvalue weighted by atomic mass is 10.2. The molecule has 3 aromatic heterocycles. The normalized spacial score (nSPS) is 20.5. The molecule has 1 aliphatic carbocycles. The predicted octanol–water partition coefficient (Wildman–Crippen LogP) is 3.51. The second kappa shape index (κ2) is 8.47. The molecule has 0 radical (unpaired) electrons. The number of pyridine rings is 2. The summed E-state index contributed by atoms with van der Waals surface area (Å²) < 4.78 is 1.59. The van der Waals surface area contributed by atoms with Crippen molar-refractivity contribution < 1.29 is 0 Å². The first-order chi connectivity index (χ1) is 14.7. The Morgan fingerprint density at radius 3 is 2.77 bits per heavy atom. The second-order valence-electron chi connectivity index (χ2n) is 7.76. The molecule has 0 amide bonds. The maximum absolute atomic E-state index is 11.9. The molecule has 7 nitrogen and oxygen atoms in total. The molecule has 8 heteroatoms. The Morgan fingerprint density at radius 1 is 1.03 bits per heavy atom. The van der Waals surface area contributed by atoms with Gasteiger partial charge < -0.3 is 10.6 Å². The number of nitrogens with zero attached hydrogens (tertiary/aromatic N) is 4. The average Bonchev–Trinajstić information content (AvgIpc) is 3.21. The van der Waals surface area contributed by atoms with Crippen LogP contribution in [0.3, 0.4) is 0 Å². The van der Waals surface area contributed by atoms with Crippen molar-refractivity contribution in [1.29, 1.82) is 0 Å². The van der Waals surface area contributed by atoms with E-state index in [0.29, 0.717) is 12.1 Å². The van der Waals surface area contributed by atoms with Crippen molar-refractivity contribution in [1.82, 2.24) is 19.5 Å². The maximum Gasteiger partial charge on any atom is 0.255 e. The number of anilines is 2. The number of thioether (sulfide) groups is 1. The van der Waals surface area contributed by atoms with Crippen LogP contribution in [0.1, 0.15) is 31.4 Å². The van der Waals surface area contributed by atoms with Gasteiger partial charge in [-0.15, -0.1) is 11.8 Å². The predicted molar refractivity (Wildman–Crippen MR) is 120 cm³/mol. The number of aryl methyl sites for hydroxylation is 1. The second-order valence-corrected chi connectivity index (χ2v) is 8.90. The van der Waals surface area contributed by atoms with Gasteiger partial charge in [0.05, 0.1) is 17.6 Å². The third-order valence-corrected chi connectivity index (χ3v) is 6.76. The highest BCUT2D eigenvalue weighted by Gasteiger charge is 2.25. The topological polar surface area (TPSA) is 84.7 Å². The average molecular weight is 421 g/mol. The molecular formula is C22H24N6OS. The summed E-state index contributed by atoms with van der Waals surface area (Å²) in [6, 6.07) is 9.68. The summed E-state index contributed by atoms with van der Waals surface area (Å²) in [5, 5.41) is 7.03. The van der Waals surface area contributed by atoms with Crippen molar-refractivity contribution in [2.75, 3.05) is 16.4 Å². The van der Waals surface area contributed by atoms with E-state index in [9.17, 15) is 4.79 Å². The van der Waals surface area contributed by atoms with E-state index in [1.54, 1.807) is 29.1 Å². The minimum atomic E-state index is -0.0623. The highest BCUT2D eigenvalue weighted by atomic mass is 32.2. The quantitative estimate of drug-likeness (QED) is 0.653. The molecule has 2 N–H and O–H groups in total. The van der Waals surface area contributed by atoms with E-state index in [1.807, 2.05) is 36.2 Å². The van der Waals surface area contributed by atoms with Crippen LogP contribution in [0.5, 0.6) is 0 Å². The van der Waals surface area contributed by atoms with Crippen molar-refractivity contribution in [2.45, 2.75) is 49.1 Å². The third-order valence-electron chi connectivity index (χ3n) is 5.61. The van der Waals surface area contributed by atoms with E-state index in [4.69, 9.17) is 4.98 Å². The van der Waals surface area contributed by atoms with E-state index in [1.165, 1.54) is 17.0 Å². The summed E-state index contributed by atoms with van der Waals surface area (Å²) in [6.07, 6.45) is 10.8. The van der Waals surface area contributed by atoms with Gasteiger partial charge in [-0.25, -0.2) is 15.0 Å². The van der Waals surface area contributed by atoms with E-state index >= 15 is 0 Å². The zero-order valence-corrected chi connectivity index (χ0v) is 17.4. The maximum atomic E-state index is 11.9. The van der Waals surface area contributed by atoms with Crippen LogP contribution in [0.25, 0.3) is 5.69 Å². The van der Waals surface area contributed by atoms with Crippen molar-refractivity contribution in [2.24, 2.45) is 0 Å². The Labute approximate surface area is 179 Å². The molecule has 154 valence electrons. The minimum Gasteiger partial charge on any atom is -0.367 e. The van der Waals surface area contributed by atoms with Gasteiger partial charge in [0.25, 0.3) is 5.56 Å². The van der Waals surface area contributed by atoms with Gasteiger partial charge in [-0.3, -0.25) is 9.36 Å². The van der Waals surface area contributed by atoms with Crippen LogP contribution in [-0.2, 0) is 6.42 Å². The lowest BCUT2D eigenvalue weighted by Gasteiger charge is -2.18. The van der Waals surface area contributed by atoms with Crippen LogP contribution in [-0.4, -0.2) is 37.4 Å². The van der Waals surface area contributed by atoms with Gasteiger partial charge in [0.2, 0.25) is 5.95 Å². The van der Waals surface area contributed by atoms with E-state index in [0.717, 1.165) is 48.9 Å². The third kappa shape index (κ3) is 4.18. The first-order valence-corrected chi connectivity index (χ1v) is 11.4. The van der Waals surface area contributed by atoms with Crippen LogP contribution < -0.4 is 16.2 Å². The number of hydrogen-bond acceptors (Lipinski definition) is 7. The smallest absolute Gasteiger partial charge is 0.255 e. The molecule has 2 aliphatic rings. The fourth-order valence-corrected chi connectivity index (χ4v) is 5.04. The fourth-order valence-electron chi connectivity index (χ4n) is 4.09. The zero-order valence-electron chi connectivity index (χ0n) is 16.6. The zero-order chi connectivity index (χ0) is 20.3. The van der Waals surface area contributed by atoms with Crippen LogP contribution >= 0.6 is 11.8 Å². The largest absolute Gasteiger partial charge is 0.367 e. The van der Waals surface area contributed by atoms with Gasteiger partial charge in [-0.2, -0.15) is 0 Å². The number of rotatable bonds is 5. The Hall–Kier alpha value is -2.87. The summed E-state index contributed by atoms with van der Waals surface area (Å²) >= 11 is 1.85. The van der Waals surface area contributed by atoms with Gasteiger partial charge in [0.1, 0.15) is 5.82 Å². The molecule has 0 unspecified atom stereocenters. The monoisotopic (exact) mass is 420 g/mol. The highest BCUT2D eigenvalue weighted by Crippen LogP contribution is 2.29. The molecule has 2 atom stereocenters. The Kier molecular flexibility index (Phi) is 5.40. The van der Waals surface area contributed by atoms with E-state index < -0.39 is 0 Å². The van der Waals surface area contributed by atoms with E-state index in [2.05, 4.69) is 20.6 Å². The van der Waals surface area contributed by atoms with Crippen molar-refractivity contribution in [3.63, 3.8) is 0 Å². The summed E-state index contributed by atoms with van der Waals surface area (Å²) in [7, 11) is 0. The highest BCUT2D eigenvalue weighted by molar-refractivity contribution is 7.99. The van der Waals surface area contributed by atoms with Crippen molar-refractivity contribution in [3.05, 3.63) is 65.0 Å². The SMILES string of the molecule is O=c1ccccn1-c1ccc(N[C@H]2CC[C@H](Nc3ncc4c(n3)CCCS4)C2)nc1. The fraction of sp³-hybridized carbons (Fsp3) is 0.364. The number of fused-ring (bicyclic) bond motifs is 1. The lowest BCUT2D eigenvalue weighted by molar-refractivity contribution is 0.712. The number of aromatic nitrogens is 4. The lowest BCUT2D eigenvalue weighted by Crippen LogP contribution is -2.22. The first kappa shape index (κ1) is 19.1. The van der Waals surface area contributed by atoms with E-state index in [-0.39, 0.29) is 5.56 Å². The molecule has 1 aliphatic heterocycles. The van der Waals surface area contributed by atoms with Gasteiger partial charge >= 0.3 is 0 Å². The molecule has 0 spiro atoms. The van der Waals surface area contributed by atoms with Crippen LogP contribution in [0.2, 0.25) is 0 Å². The van der Waals surface area contributed by atoms with Gasteiger partial charge in [-0.05, 0) is 56.1 Å².